The van der Waals surface area contributed by atoms with Gasteiger partial charge in [-0.15, -0.1) is 0 Å². The molecule has 18 heavy (non-hydrogen) atoms. The molecule has 0 spiro atoms. The molecule has 4 nitrogen and oxygen atoms in total. The van der Waals surface area contributed by atoms with Crippen LogP contribution in [0.5, 0.6) is 0 Å². The first-order chi connectivity index (χ1) is 8.49. The summed E-state index contributed by atoms with van der Waals surface area (Å²) in [6, 6.07) is 6.60. The van der Waals surface area contributed by atoms with Gasteiger partial charge in [-0.25, -0.2) is 0 Å². The highest BCUT2D eigenvalue weighted by molar-refractivity contribution is 7.09. The Morgan fingerprint density at radius 3 is 2.67 bits per heavy atom. The Bertz CT molecular complexity index is 520. The van der Waals surface area contributed by atoms with Crippen molar-refractivity contribution < 1.29 is 0 Å². The zero-order valence-corrected chi connectivity index (χ0v) is 12.0. The van der Waals surface area contributed by atoms with Gasteiger partial charge in [0.1, 0.15) is 0 Å². The topological polar surface area (TPSA) is 50.7 Å². The van der Waals surface area contributed by atoms with Crippen molar-refractivity contribution in [3.8, 4) is 0 Å². The standard InChI is InChI=1S/C13H18N4S/c1-9-5-6-11(10(2)7-9)13(3,4)8-14-12-15-16-17-18-12/h5-7H,8H2,1-4H3,(H,14,15,17). The first kappa shape index (κ1) is 13.0. The molecule has 0 bridgehead atoms. The largest absolute Gasteiger partial charge is 0.358 e. The molecule has 0 aliphatic heterocycles. The summed E-state index contributed by atoms with van der Waals surface area (Å²) >= 11 is 1.28. The number of nitrogens with zero attached hydrogens (tertiary/aromatic N) is 3. The van der Waals surface area contributed by atoms with E-state index in [9.17, 15) is 0 Å². The summed E-state index contributed by atoms with van der Waals surface area (Å²) in [6.07, 6.45) is 0. The van der Waals surface area contributed by atoms with Crippen LogP contribution in [0.25, 0.3) is 0 Å². The zero-order valence-electron chi connectivity index (χ0n) is 11.2. The average molecular weight is 262 g/mol. The molecule has 0 radical (unpaired) electrons. The predicted octanol–water partition coefficient (Wildman–Crippen LogP) is 2.94. The summed E-state index contributed by atoms with van der Waals surface area (Å²) in [5, 5.41) is 11.5. The summed E-state index contributed by atoms with van der Waals surface area (Å²) in [7, 11) is 0. The maximum Gasteiger partial charge on any atom is 0.225 e. The van der Waals surface area contributed by atoms with Crippen molar-refractivity contribution >= 4 is 16.7 Å². The summed E-state index contributed by atoms with van der Waals surface area (Å²) in [6.45, 7) is 9.55. The van der Waals surface area contributed by atoms with Crippen LogP contribution in [0.2, 0.25) is 0 Å². The molecule has 0 aliphatic carbocycles. The van der Waals surface area contributed by atoms with Gasteiger partial charge in [0.05, 0.1) is 0 Å². The maximum absolute atomic E-state index is 3.90. The maximum atomic E-state index is 3.90. The second-order valence-electron chi connectivity index (χ2n) is 5.22. The molecule has 0 atom stereocenters. The second-order valence-corrected chi connectivity index (χ2v) is 5.96. The van der Waals surface area contributed by atoms with E-state index in [0.717, 1.165) is 11.7 Å². The molecule has 96 valence electrons. The number of aromatic nitrogens is 3. The molecule has 0 saturated carbocycles. The van der Waals surface area contributed by atoms with Gasteiger partial charge >= 0.3 is 0 Å². The molecule has 0 aliphatic rings. The third kappa shape index (κ3) is 2.85. The van der Waals surface area contributed by atoms with Gasteiger partial charge in [0, 0.05) is 23.5 Å². The number of rotatable bonds is 4. The average Bonchev–Trinajstić information content (AvgIpc) is 2.78. The highest BCUT2D eigenvalue weighted by Crippen LogP contribution is 2.27. The van der Waals surface area contributed by atoms with E-state index in [2.05, 4.69) is 66.0 Å². The lowest BCUT2D eigenvalue weighted by molar-refractivity contribution is 0.553. The van der Waals surface area contributed by atoms with E-state index in [1.807, 2.05) is 0 Å². The number of aryl methyl sites for hydroxylation is 2. The summed E-state index contributed by atoms with van der Waals surface area (Å²) in [5.41, 5.74) is 4.03. The fraction of sp³-hybridized carbons (Fsp3) is 0.462. The van der Waals surface area contributed by atoms with Crippen molar-refractivity contribution in [2.24, 2.45) is 0 Å². The Kier molecular flexibility index (Phi) is 3.61. The van der Waals surface area contributed by atoms with E-state index in [1.165, 1.54) is 28.2 Å². The van der Waals surface area contributed by atoms with Gasteiger partial charge in [-0.2, -0.15) is 0 Å². The van der Waals surface area contributed by atoms with Crippen molar-refractivity contribution in [3.05, 3.63) is 34.9 Å². The molecule has 1 N–H and O–H groups in total. The highest BCUT2D eigenvalue weighted by Gasteiger charge is 2.22. The van der Waals surface area contributed by atoms with Gasteiger partial charge in [-0.3, -0.25) is 0 Å². The van der Waals surface area contributed by atoms with E-state index in [4.69, 9.17) is 0 Å². The highest BCUT2D eigenvalue weighted by atomic mass is 32.1. The third-order valence-corrected chi connectivity index (χ3v) is 3.65. The minimum Gasteiger partial charge on any atom is -0.358 e. The Balaban J connectivity index is 2.14. The molecule has 1 heterocycles. The predicted molar refractivity (Wildman–Crippen MR) is 75.1 cm³/mol. The number of hydrogen-bond acceptors (Lipinski definition) is 5. The van der Waals surface area contributed by atoms with E-state index in [-0.39, 0.29) is 5.41 Å². The van der Waals surface area contributed by atoms with E-state index < -0.39 is 0 Å². The smallest absolute Gasteiger partial charge is 0.225 e. The van der Waals surface area contributed by atoms with Crippen LogP contribution in [-0.2, 0) is 5.41 Å². The normalized spacial score (nSPS) is 11.6. The van der Waals surface area contributed by atoms with Crippen LogP contribution in [0.15, 0.2) is 18.2 Å². The molecular formula is C13H18N4S. The van der Waals surface area contributed by atoms with Crippen molar-refractivity contribution in [1.29, 1.82) is 0 Å². The molecule has 2 rings (SSSR count). The molecule has 1 aromatic carbocycles. The van der Waals surface area contributed by atoms with Gasteiger partial charge in [0.2, 0.25) is 5.13 Å². The van der Waals surface area contributed by atoms with Crippen LogP contribution in [-0.4, -0.2) is 21.3 Å². The molecule has 0 unspecified atom stereocenters. The summed E-state index contributed by atoms with van der Waals surface area (Å²) < 4.78 is 3.74. The lowest BCUT2D eigenvalue weighted by Gasteiger charge is -2.27. The van der Waals surface area contributed by atoms with E-state index in [1.54, 1.807) is 0 Å². The molecule has 2 aromatic rings. The van der Waals surface area contributed by atoms with Crippen molar-refractivity contribution in [2.75, 3.05) is 11.9 Å². The fourth-order valence-electron chi connectivity index (χ4n) is 2.17. The van der Waals surface area contributed by atoms with Gasteiger partial charge in [-0.1, -0.05) is 47.2 Å². The monoisotopic (exact) mass is 262 g/mol. The second kappa shape index (κ2) is 5.02. The Morgan fingerprint density at radius 1 is 1.28 bits per heavy atom. The molecular weight excluding hydrogens is 244 g/mol. The van der Waals surface area contributed by atoms with Crippen LogP contribution < -0.4 is 5.32 Å². The minimum absolute atomic E-state index is 0.0451. The number of hydrogen-bond donors (Lipinski definition) is 1. The Hall–Kier alpha value is -1.49. The molecule has 0 fully saturated rings. The SMILES string of the molecule is Cc1ccc(C(C)(C)CNc2nnns2)c(C)c1. The van der Waals surface area contributed by atoms with Gasteiger partial charge in [0.25, 0.3) is 0 Å². The first-order valence-corrected chi connectivity index (χ1v) is 6.73. The van der Waals surface area contributed by atoms with Crippen LogP contribution >= 0.6 is 11.5 Å². The van der Waals surface area contributed by atoms with Crippen molar-refractivity contribution in [3.63, 3.8) is 0 Å². The number of anilines is 1. The van der Waals surface area contributed by atoms with Crippen LogP contribution in [0, 0.1) is 13.8 Å². The van der Waals surface area contributed by atoms with Crippen LogP contribution in [0.3, 0.4) is 0 Å². The van der Waals surface area contributed by atoms with Gasteiger partial charge in [-0.05, 0) is 30.2 Å². The fourth-order valence-corrected chi connectivity index (χ4v) is 2.53. The quantitative estimate of drug-likeness (QED) is 0.920. The van der Waals surface area contributed by atoms with Crippen molar-refractivity contribution in [2.45, 2.75) is 33.1 Å². The van der Waals surface area contributed by atoms with Gasteiger partial charge in [0.15, 0.2) is 0 Å². The van der Waals surface area contributed by atoms with Gasteiger partial charge < -0.3 is 5.32 Å². The summed E-state index contributed by atoms with van der Waals surface area (Å²) in [5.74, 6) is 0. The molecule has 1 aromatic heterocycles. The molecule has 0 amide bonds. The van der Waals surface area contributed by atoms with Crippen molar-refractivity contribution in [1.82, 2.24) is 14.8 Å². The molecule has 5 heteroatoms. The lowest BCUT2D eigenvalue weighted by atomic mass is 9.81. The first-order valence-electron chi connectivity index (χ1n) is 5.96. The van der Waals surface area contributed by atoms with Crippen LogP contribution in [0.1, 0.15) is 30.5 Å². The Labute approximate surface area is 112 Å². The lowest BCUT2D eigenvalue weighted by Crippen LogP contribution is -2.28. The third-order valence-electron chi connectivity index (χ3n) is 3.09. The van der Waals surface area contributed by atoms with Crippen LogP contribution in [0.4, 0.5) is 5.13 Å². The Morgan fingerprint density at radius 2 is 2.06 bits per heavy atom. The number of benzene rings is 1. The summed E-state index contributed by atoms with van der Waals surface area (Å²) in [4.78, 5) is 0. The minimum atomic E-state index is 0.0451. The van der Waals surface area contributed by atoms with E-state index in [0.29, 0.717) is 0 Å². The molecule has 0 saturated heterocycles. The van der Waals surface area contributed by atoms with E-state index >= 15 is 0 Å². The number of nitrogens with one attached hydrogen (secondary N) is 1. The zero-order chi connectivity index (χ0) is 13.2.